The number of rotatable bonds is 5. The average Bonchev–Trinajstić information content (AvgIpc) is 3.04. The number of nitrogens with zero attached hydrogens (tertiary/aromatic N) is 3. The fraction of sp³-hybridized carbons (Fsp3) is 0.158. The lowest BCUT2D eigenvalue weighted by molar-refractivity contribution is 0.102. The Morgan fingerprint density at radius 1 is 1.16 bits per heavy atom. The first-order valence-electron chi connectivity index (χ1n) is 7.88. The summed E-state index contributed by atoms with van der Waals surface area (Å²) >= 11 is 0. The summed E-state index contributed by atoms with van der Waals surface area (Å²) in [4.78, 5) is 14.3. The van der Waals surface area contributed by atoms with Gasteiger partial charge in [-0.2, -0.15) is 5.10 Å². The summed E-state index contributed by atoms with van der Waals surface area (Å²) in [6.45, 7) is 0.304. The van der Waals surface area contributed by atoms with Crippen molar-refractivity contribution < 1.29 is 9.18 Å². The molecule has 0 radical (unpaired) electrons. The number of anilines is 2. The quantitative estimate of drug-likeness (QED) is 0.776. The van der Waals surface area contributed by atoms with Crippen LogP contribution in [0.1, 0.15) is 15.9 Å². The van der Waals surface area contributed by atoms with E-state index in [1.54, 1.807) is 41.2 Å². The van der Waals surface area contributed by atoms with Crippen molar-refractivity contribution in [3.8, 4) is 0 Å². The SMILES string of the molecule is CN(C)c1cccc(C(=O)Nc2ccn(Cc3ccccc3F)n2)c1. The molecule has 128 valence electrons. The van der Waals surface area contributed by atoms with Gasteiger partial charge in [-0.1, -0.05) is 24.3 Å². The molecule has 0 aliphatic rings. The molecule has 6 heteroatoms. The van der Waals surface area contributed by atoms with Gasteiger partial charge in [0.1, 0.15) is 5.82 Å². The summed E-state index contributed by atoms with van der Waals surface area (Å²) in [5.74, 6) is -0.0828. The van der Waals surface area contributed by atoms with Crippen molar-refractivity contribution in [3.05, 3.63) is 77.7 Å². The zero-order valence-electron chi connectivity index (χ0n) is 14.1. The van der Waals surface area contributed by atoms with Gasteiger partial charge in [0, 0.05) is 43.2 Å². The van der Waals surface area contributed by atoms with E-state index in [4.69, 9.17) is 0 Å². The molecule has 1 aromatic heterocycles. The lowest BCUT2D eigenvalue weighted by atomic mass is 10.2. The van der Waals surface area contributed by atoms with Gasteiger partial charge in [-0.25, -0.2) is 4.39 Å². The Morgan fingerprint density at radius 3 is 2.72 bits per heavy atom. The van der Waals surface area contributed by atoms with Crippen molar-refractivity contribution in [2.75, 3.05) is 24.3 Å². The topological polar surface area (TPSA) is 50.2 Å². The standard InChI is InChI=1S/C19H19FN4O/c1-23(2)16-8-5-7-14(12-16)19(25)21-18-10-11-24(22-18)13-15-6-3-4-9-17(15)20/h3-12H,13H2,1-2H3,(H,21,22,25). The van der Waals surface area contributed by atoms with Gasteiger partial charge >= 0.3 is 0 Å². The molecule has 0 saturated carbocycles. The van der Waals surface area contributed by atoms with E-state index in [2.05, 4.69) is 10.4 Å². The Labute approximate surface area is 145 Å². The minimum Gasteiger partial charge on any atom is -0.378 e. The molecule has 1 N–H and O–H groups in total. The molecular formula is C19H19FN4O. The third kappa shape index (κ3) is 4.03. The van der Waals surface area contributed by atoms with Crippen LogP contribution in [-0.4, -0.2) is 29.8 Å². The lowest BCUT2D eigenvalue weighted by Crippen LogP contribution is -2.14. The van der Waals surface area contributed by atoms with E-state index in [9.17, 15) is 9.18 Å². The molecule has 3 rings (SSSR count). The van der Waals surface area contributed by atoms with Gasteiger partial charge in [-0.3, -0.25) is 9.48 Å². The van der Waals surface area contributed by atoms with Crippen LogP contribution in [0.4, 0.5) is 15.9 Å². The van der Waals surface area contributed by atoms with E-state index in [0.29, 0.717) is 23.5 Å². The zero-order chi connectivity index (χ0) is 17.8. The maximum Gasteiger partial charge on any atom is 0.256 e. The van der Waals surface area contributed by atoms with Crippen molar-refractivity contribution in [1.82, 2.24) is 9.78 Å². The fourth-order valence-corrected chi connectivity index (χ4v) is 2.43. The molecule has 1 heterocycles. The Bertz CT molecular complexity index is 888. The van der Waals surface area contributed by atoms with Crippen molar-refractivity contribution in [2.24, 2.45) is 0 Å². The highest BCUT2D eigenvalue weighted by Gasteiger charge is 2.10. The number of amides is 1. The molecule has 0 aliphatic heterocycles. The van der Waals surface area contributed by atoms with E-state index in [-0.39, 0.29) is 11.7 Å². The highest BCUT2D eigenvalue weighted by molar-refractivity contribution is 6.04. The zero-order valence-corrected chi connectivity index (χ0v) is 14.1. The van der Waals surface area contributed by atoms with Gasteiger partial charge in [0.2, 0.25) is 0 Å². The van der Waals surface area contributed by atoms with Crippen LogP contribution in [0.5, 0.6) is 0 Å². The molecular weight excluding hydrogens is 319 g/mol. The highest BCUT2D eigenvalue weighted by atomic mass is 19.1. The molecule has 1 amide bonds. The second-order valence-corrected chi connectivity index (χ2v) is 5.89. The van der Waals surface area contributed by atoms with E-state index >= 15 is 0 Å². The number of carbonyl (C=O) groups is 1. The van der Waals surface area contributed by atoms with Crippen LogP contribution >= 0.6 is 0 Å². The van der Waals surface area contributed by atoms with Crippen LogP contribution in [0.25, 0.3) is 0 Å². The molecule has 0 bridgehead atoms. The molecule has 5 nitrogen and oxygen atoms in total. The molecule has 0 unspecified atom stereocenters. The monoisotopic (exact) mass is 338 g/mol. The molecule has 0 aliphatic carbocycles. The minimum atomic E-state index is -0.274. The Morgan fingerprint density at radius 2 is 1.96 bits per heavy atom. The smallest absolute Gasteiger partial charge is 0.256 e. The van der Waals surface area contributed by atoms with Crippen LogP contribution in [0.15, 0.2) is 60.8 Å². The summed E-state index contributed by atoms with van der Waals surface area (Å²) in [5, 5.41) is 7.04. The van der Waals surface area contributed by atoms with Crippen molar-refractivity contribution in [3.63, 3.8) is 0 Å². The molecule has 25 heavy (non-hydrogen) atoms. The number of halogens is 1. The number of aromatic nitrogens is 2. The van der Waals surface area contributed by atoms with Crippen LogP contribution in [0.3, 0.4) is 0 Å². The van der Waals surface area contributed by atoms with Crippen LogP contribution in [0.2, 0.25) is 0 Å². The highest BCUT2D eigenvalue weighted by Crippen LogP contribution is 2.15. The first-order valence-corrected chi connectivity index (χ1v) is 7.88. The number of hydrogen-bond acceptors (Lipinski definition) is 3. The minimum absolute atomic E-state index is 0.236. The van der Waals surface area contributed by atoms with E-state index < -0.39 is 0 Å². The second-order valence-electron chi connectivity index (χ2n) is 5.89. The number of hydrogen-bond donors (Lipinski definition) is 1. The number of nitrogens with one attached hydrogen (secondary N) is 1. The van der Waals surface area contributed by atoms with Crippen molar-refractivity contribution in [2.45, 2.75) is 6.54 Å². The van der Waals surface area contributed by atoms with Gasteiger partial charge in [0.25, 0.3) is 5.91 Å². The summed E-state index contributed by atoms with van der Waals surface area (Å²) < 4.78 is 15.3. The normalized spacial score (nSPS) is 10.5. The predicted octanol–water partition coefficient (Wildman–Crippen LogP) is 3.39. The molecule has 0 atom stereocenters. The average molecular weight is 338 g/mol. The first-order chi connectivity index (χ1) is 12.0. The van der Waals surface area contributed by atoms with Crippen molar-refractivity contribution in [1.29, 1.82) is 0 Å². The maximum absolute atomic E-state index is 13.7. The Hall–Kier alpha value is -3.15. The van der Waals surface area contributed by atoms with Gasteiger partial charge in [0.05, 0.1) is 6.54 Å². The van der Waals surface area contributed by atoms with Gasteiger partial charge in [0.15, 0.2) is 5.82 Å². The molecule has 2 aromatic carbocycles. The Balaban J connectivity index is 1.70. The van der Waals surface area contributed by atoms with Crippen molar-refractivity contribution >= 4 is 17.4 Å². The van der Waals surface area contributed by atoms with E-state index in [1.807, 2.05) is 37.2 Å². The predicted molar refractivity (Wildman–Crippen MR) is 96.5 cm³/mol. The third-order valence-electron chi connectivity index (χ3n) is 3.80. The first kappa shape index (κ1) is 16.7. The second kappa shape index (κ2) is 7.17. The van der Waals surface area contributed by atoms with E-state index in [0.717, 1.165) is 5.69 Å². The summed E-state index contributed by atoms with van der Waals surface area (Å²) in [5.41, 5.74) is 2.04. The molecule has 0 fully saturated rings. The summed E-state index contributed by atoms with van der Waals surface area (Å²) in [6, 6.07) is 15.6. The third-order valence-corrected chi connectivity index (χ3v) is 3.80. The lowest BCUT2D eigenvalue weighted by Gasteiger charge is -2.13. The fourth-order valence-electron chi connectivity index (χ4n) is 2.43. The largest absolute Gasteiger partial charge is 0.378 e. The van der Waals surface area contributed by atoms with Crippen LogP contribution in [0, 0.1) is 5.82 Å². The van der Waals surface area contributed by atoms with Gasteiger partial charge < -0.3 is 10.2 Å². The Kier molecular flexibility index (Phi) is 4.79. The number of benzene rings is 2. The molecule has 0 saturated heterocycles. The maximum atomic E-state index is 13.7. The summed E-state index contributed by atoms with van der Waals surface area (Å²) in [6.07, 6.45) is 1.71. The summed E-state index contributed by atoms with van der Waals surface area (Å²) in [7, 11) is 3.84. The number of carbonyl (C=O) groups excluding carboxylic acids is 1. The van der Waals surface area contributed by atoms with Crippen LogP contribution < -0.4 is 10.2 Å². The van der Waals surface area contributed by atoms with E-state index in [1.165, 1.54) is 6.07 Å². The molecule has 3 aromatic rings. The van der Waals surface area contributed by atoms with Crippen LogP contribution in [-0.2, 0) is 6.54 Å². The van der Waals surface area contributed by atoms with Gasteiger partial charge in [-0.05, 0) is 24.3 Å². The molecule has 0 spiro atoms. The van der Waals surface area contributed by atoms with Gasteiger partial charge in [-0.15, -0.1) is 0 Å².